The van der Waals surface area contributed by atoms with Gasteiger partial charge in [-0.3, -0.25) is 4.68 Å². The van der Waals surface area contributed by atoms with Crippen LogP contribution in [0.4, 0.5) is 0 Å². The molecule has 0 amide bonds. The molecule has 0 bridgehead atoms. The zero-order chi connectivity index (χ0) is 19.6. The van der Waals surface area contributed by atoms with Crippen molar-refractivity contribution in [2.45, 2.75) is 45.6 Å². The molecule has 0 spiro atoms. The van der Waals surface area contributed by atoms with Gasteiger partial charge in [0, 0.05) is 51.5 Å². The molecular weight excluding hydrogens is 364 g/mol. The summed E-state index contributed by atoms with van der Waals surface area (Å²) in [6.45, 7) is 5.93. The second-order valence-corrected chi connectivity index (χ2v) is 9.30. The average Bonchev–Trinajstić information content (AvgIpc) is 3.10. The molecule has 0 radical (unpaired) electrons. The van der Waals surface area contributed by atoms with Crippen LogP contribution in [-0.2, 0) is 16.8 Å². The molecule has 0 N–H and O–H groups in total. The van der Waals surface area contributed by atoms with Crippen molar-refractivity contribution in [2.75, 3.05) is 27.2 Å². The quantitative estimate of drug-likeness (QED) is 0.751. The smallest absolute Gasteiger partial charge is 0.263 e. The largest absolute Gasteiger partial charge is 0.281 e. The third kappa shape index (κ3) is 4.20. The van der Waals surface area contributed by atoms with Gasteiger partial charge in [-0.15, -0.1) is 0 Å². The summed E-state index contributed by atoms with van der Waals surface area (Å²) in [4.78, 5) is 9.46. The van der Waals surface area contributed by atoms with Crippen LogP contribution in [0.3, 0.4) is 0 Å². The summed E-state index contributed by atoms with van der Waals surface area (Å²) in [6, 6.07) is 3.96. The molecule has 0 aromatic carbocycles. The molecule has 8 nitrogen and oxygen atoms in total. The normalized spacial score (nSPS) is 16.9. The fourth-order valence-electron chi connectivity index (χ4n) is 3.42. The lowest BCUT2D eigenvalue weighted by molar-refractivity contribution is 0.297. The van der Waals surface area contributed by atoms with Gasteiger partial charge in [-0.2, -0.15) is 22.1 Å². The van der Waals surface area contributed by atoms with Crippen LogP contribution in [0.15, 0.2) is 18.3 Å². The minimum atomic E-state index is -3.36. The Morgan fingerprint density at radius 1 is 1.22 bits per heavy atom. The number of nitrogens with zero attached hydrogens (tertiary/aromatic N) is 6. The maximum absolute atomic E-state index is 12.3. The molecule has 3 rings (SSSR count). The highest BCUT2D eigenvalue weighted by atomic mass is 32.2. The van der Waals surface area contributed by atoms with Gasteiger partial charge >= 0.3 is 0 Å². The van der Waals surface area contributed by atoms with Crippen LogP contribution in [-0.4, -0.2) is 64.0 Å². The van der Waals surface area contributed by atoms with Crippen LogP contribution < -0.4 is 0 Å². The fourth-order valence-corrected chi connectivity index (χ4v) is 4.56. The molecule has 148 valence electrons. The Hall–Kier alpha value is -1.84. The molecule has 1 aliphatic heterocycles. The van der Waals surface area contributed by atoms with Crippen molar-refractivity contribution in [1.82, 2.24) is 28.4 Å². The highest BCUT2D eigenvalue weighted by Gasteiger charge is 2.31. The monoisotopic (exact) mass is 392 g/mol. The van der Waals surface area contributed by atoms with Gasteiger partial charge in [0.2, 0.25) is 0 Å². The van der Waals surface area contributed by atoms with E-state index in [4.69, 9.17) is 4.98 Å². The molecule has 0 unspecified atom stereocenters. The van der Waals surface area contributed by atoms with Crippen LogP contribution in [0.25, 0.3) is 11.4 Å². The van der Waals surface area contributed by atoms with E-state index >= 15 is 0 Å². The van der Waals surface area contributed by atoms with Gasteiger partial charge in [-0.25, -0.2) is 9.97 Å². The van der Waals surface area contributed by atoms with Gasteiger partial charge in [0.15, 0.2) is 0 Å². The van der Waals surface area contributed by atoms with E-state index in [0.29, 0.717) is 13.1 Å². The van der Waals surface area contributed by atoms with Crippen molar-refractivity contribution in [2.24, 2.45) is 0 Å². The van der Waals surface area contributed by atoms with Gasteiger partial charge < -0.3 is 0 Å². The summed E-state index contributed by atoms with van der Waals surface area (Å²) < 4.78 is 29.4. The fraction of sp³-hybridized carbons (Fsp3) is 0.611. The summed E-state index contributed by atoms with van der Waals surface area (Å²) >= 11 is 0. The number of aryl methyl sites for hydroxylation is 2. The molecule has 9 heteroatoms. The average molecular weight is 393 g/mol. The van der Waals surface area contributed by atoms with E-state index in [1.165, 1.54) is 8.61 Å². The number of hydrogen-bond donors (Lipinski definition) is 0. The van der Waals surface area contributed by atoms with E-state index in [1.54, 1.807) is 20.3 Å². The van der Waals surface area contributed by atoms with Crippen molar-refractivity contribution in [3.63, 3.8) is 0 Å². The minimum Gasteiger partial charge on any atom is -0.263 e. The predicted octanol–water partition coefficient (Wildman–Crippen LogP) is 2.04. The lowest BCUT2D eigenvalue weighted by Gasteiger charge is -2.32. The molecule has 1 aliphatic rings. The number of rotatable bonds is 6. The van der Waals surface area contributed by atoms with E-state index in [-0.39, 0.29) is 5.92 Å². The highest BCUT2D eigenvalue weighted by Crippen LogP contribution is 2.29. The molecule has 27 heavy (non-hydrogen) atoms. The van der Waals surface area contributed by atoms with Crippen LogP contribution in [0.5, 0.6) is 0 Å². The van der Waals surface area contributed by atoms with Crippen molar-refractivity contribution < 1.29 is 8.42 Å². The molecule has 2 aromatic rings. The molecule has 3 heterocycles. The van der Waals surface area contributed by atoms with Crippen LogP contribution in [0.1, 0.15) is 43.6 Å². The lowest BCUT2D eigenvalue weighted by atomic mass is 9.97. The Kier molecular flexibility index (Phi) is 5.92. The lowest BCUT2D eigenvalue weighted by Crippen LogP contribution is -2.44. The molecule has 1 saturated heterocycles. The Bertz CT molecular complexity index is 885. The maximum Gasteiger partial charge on any atom is 0.281 e. The first-order chi connectivity index (χ1) is 12.8. The van der Waals surface area contributed by atoms with Gasteiger partial charge in [-0.05, 0) is 38.3 Å². The first-order valence-electron chi connectivity index (χ1n) is 9.38. The van der Waals surface area contributed by atoms with Crippen LogP contribution >= 0.6 is 0 Å². The molecule has 0 saturated carbocycles. The number of aromatic nitrogens is 4. The first kappa shape index (κ1) is 19.9. The first-order valence-corrected chi connectivity index (χ1v) is 10.8. The summed E-state index contributed by atoms with van der Waals surface area (Å²) in [6.07, 6.45) is 4.26. The predicted molar refractivity (Wildman–Crippen MR) is 104 cm³/mol. The van der Waals surface area contributed by atoms with Crippen molar-refractivity contribution in [3.05, 3.63) is 29.8 Å². The van der Waals surface area contributed by atoms with Gasteiger partial charge in [-0.1, -0.05) is 6.92 Å². The summed E-state index contributed by atoms with van der Waals surface area (Å²) in [5.41, 5.74) is 2.80. The third-order valence-corrected chi connectivity index (χ3v) is 6.83. The highest BCUT2D eigenvalue weighted by molar-refractivity contribution is 7.86. The van der Waals surface area contributed by atoms with Crippen LogP contribution in [0.2, 0.25) is 0 Å². The van der Waals surface area contributed by atoms with Gasteiger partial charge in [0.1, 0.15) is 5.82 Å². The zero-order valence-electron chi connectivity index (χ0n) is 16.5. The Morgan fingerprint density at radius 2 is 1.93 bits per heavy atom. The maximum atomic E-state index is 12.3. The number of piperidine rings is 1. The standard InChI is InChI=1S/C18H28N6O2S/c1-5-10-24-17(6-9-19-24)16-13-14(2)20-18(21-16)15-7-11-23(12-8-15)27(25,26)22(3)4/h6,9,13,15H,5,7-8,10-12H2,1-4H3. The minimum absolute atomic E-state index is 0.166. The van der Waals surface area contributed by atoms with E-state index in [1.807, 2.05) is 23.7 Å². The second kappa shape index (κ2) is 8.04. The van der Waals surface area contributed by atoms with Crippen molar-refractivity contribution in [3.8, 4) is 11.4 Å². The summed E-state index contributed by atoms with van der Waals surface area (Å²) in [5, 5.41) is 4.39. The Morgan fingerprint density at radius 3 is 2.56 bits per heavy atom. The second-order valence-electron chi connectivity index (χ2n) is 7.16. The van der Waals surface area contributed by atoms with Gasteiger partial charge in [0.25, 0.3) is 10.2 Å². The molecule has 2 aromatic heterocycles. The van der Waals surface area contributed by atoms with E-state index < -0.39 is 10.2 Å². The van der Waals surface area contributed by atoms with Crippen LogP contribution in [0, 0.1) is 6.92 Å². The van der Waals surface area contributed by atoms with Gasteiger partial charge in [0.05, 0.1) is 11.4 Å². The molecular formula is C18H28N6O2S. The molecule has 0 aliphatic carbocycles. The third-order valence-electron chi connectivity index (χ3n) is 4.89. The molecule has 0 atom stereocenters. The molecule has 1 fully saturated rings. The Labute approximate surface area is 161 Å². The topological polar surface area (TPSA) is 84.2 Å². The summed E-state index contributed by atoms with van der Waals surface area (Å²) in [7, 11) is -0.222. The van der Waals surface area contributed by atoms with E-state index in [2.05, 4.69) is 17.0 Å². The van der Waals surface area contributed by atoms with Crippen molar-refractivity contribution >= 4 is 10.2 Å². The van der Waals surface area contributed by atoms with E-state index in [0.717, 1.165) is 48.7 Å². The van der Waals surface area contributed by atoms with Crippen molar-refractivity contribution in [1.29, 1.82) is 0 Å². The number of hydrogen-bond acceptors (Lipinski definition) is 5. The van der Waals surface area contributed by atoms with E-state index in [9.17, 15) is 8.42 Å². The SMILES string of the molecule is CCCn1nccc1-c1cc(C)nc(C2CCN(S(=O)(=O)N(C)C)CC2)n1. The Balaban J connectivity index is 1.81. The summed E-state index contributed by atoms with van der Waals surface area (Å²) in [5.74, 6) is 0.968. The zero-order valence-corrected chi connectivity index (χ0v) is 17.3.